The zero-order chi connectivity index (χ0) is 8.65. The summed E-state index contributed by atoms with van der Waals surface area (Å²) in [6.45, 7) is 0. The first-order valence-corrected chi connectivity index (χ1v) is 5.79. The molecular formula is C4H2Br4O3. The summed E-state index contributed by atoms with van der Waals surface area (Å²) < 4.78 is 8.81. The lowest BCUT2D eigenvalue weighted by Crippen LogP contribution is -2.30. The van der Waals surface area contributed by atoms with Crippen molar-refractivity contribution in [1.82, 2.24) is 0 Å². The number of rotatable bonds is 0. The van der Waals surface area contributed by atoms with Gasteiger partial charge in [-0.25, -0.2) is 4.79 Å². The smallest absolute Gasteiger partial charge is 0.423 e. The molecule has 3 nitrogen and oxygen atoms in total. The normalized spacial score (nSPS) is 31.5. The van der Waals surface area contributed by atoms with Crippen LogP contribution in [0.15, 0.2) is 0 Å². The summed E-state index contributed by atoms with van der Waals surface area (Å²) in [4.78, 5) is 10.6. The molecule has 0 amide bonds. The first-order chi connectivity index (χ1) is 4.91. The lowest BCUT2D eigenvalue weighted by molar-refractivity contribution is 0.120. The standard InChI is InChI=1S/C4H2Br4O3/c5-2-1(4(6,7)8)10-3(9)11-2/h1-2H/t1-,2-/m1/s1. The minimum atomic E-state index is -0.681. The Morgan fingerprint density at radius 2 is 1.82 bits per heavy atom. The molecule has 1 rings (SSSR count). The van der Waals surface area contributed by atoms with E-state index in [2.05, 4.69) is 68.5 Å². The summed E-state index contributed by atoms with van der Waals surface area (Å²) >= 11 is 12.8. The van der Waals surface area contributed by atoms with Crippen LogP contribution in [-0.2, 0) is 9.47 Å². The quantitative estimate of drug-likeness (QED) is 0.449. The molecule has 1 heterocycles. The van der Waals surface area contributed by atoms with E-state index in [9.17, 15) is 4.79 Å². The first kappa shape index (κ1) is 10.3. The molecule has 0 aromatic rings. The van der Waals surface area contributed by atoms with Gasteiger partial charge in [0.25, 0.3) is 0 Å². The Bertz CT molecular complexity index is 177. The Hall–Kier alpha value is 1.19. The van der Waals surface area contributed by atoms with Gasteiger partial charge < -0.3 is 9.47 Å². The van der Waals surface area contributed by atoms with Crippen LogP contribution in [0.5, 0.6) is 0 Å². The zero-order valence-corrected chi connectivity index (χ0v) is 11.2. The molecule has 7 heteroatoms. The lowest BCUT2D eigenvalue weighted by Gasteiger charge is -2.18. The van der Waals surface area contributed by atoms with E-state index in [-0.39, 0.29) is 0 Å². The number of hydrogen-bond donors (Lipinski definition) is 0. The number of hydrogen-bond acceptors (Lipinski definition) is 3. The van der Waals surface area contributed by atoms with Crippen molar-refractivity contribution < 1.29 is 14.3 Å². The maximum Gasteiger partial charge on any atom is 0.510 e. The van der Waals surface area contributed by atoms with Crippen LogP contribution in [0, 0.1) is 0 Å². The van der Waals surface area contributed by atoms with Crippen LogP contribution in [0.25, 0.3) is 0 Å². The van der Waals surface area contributed by atoms with E-state index < -0.39 is 19.4 Å². The Morgan fingerprint density at radius 1 is 1.27 bits per heavy atom. The Morgan fingerprint density at radius 3 is 2.00 bits per heavy atom. The third kappa shape index (κ3) is 2.57. The number of carbonyl (C=O) groups excluding carboxylic acids is 1. The molecule has 0 bridgehead atoms. The monoisotopic (exact) mass is 414 g/mol. The van der Waals surface area contributed by atoms with Crippen molar-refractivity contribution in [2.75, 3.05) is 0 Å². The van der Waals surface area contributed by atoms with Crippen LogP contribution in [-0.4, -0.2) is 19.4 Å². The van der Waals surface area contributed by atoms with Crippen molar-refractivity contribution in [2.45, 2.75) is 13.3 Å². The fraction of sp³-hybridized carbons (Fsp3) is 0.750. The topological polar surface area (TPSA) is 35.5 Å². The summed E-state index contributed by atoms with van der Waals surface area (Å²) in [5.41, 5.74) is 0. The molecule has 0 aliphatic carbocycles. The van der Waals surface area contributed by atoms with Crippen LogP contribution in [0.2, 0.25) is 0 Å². The van der Waals surface area contributed by atoms with Gasteiger partial charge in [0.1, 0.15) is 0 Å². The average Bonchev–Trinajstić information content (AvgIpc) is 2.08. The molecule has 0 radical (unpaired) electrons. The van der Waals surface area contributed by atoms with Gasteiger partial charge in [0, 0.05) is 0 Å². The number of cyclic esters (lactones) is 2. The Kier molecular flexibility index (Phi) is 3.28. The van der Waals surface area contributed by atoms with Gasteiger partial charge >= 0.3 is 6.16 Å². The van der Waals surface area contributed by atoms with E-state index in [1.165, 1.54) is 0 Å². The van der Waals surface area contributed by atoms with E-state index in [4.69, 9.17) is 4.74 Å². The average molecular weight is 418 g/mol. The van der Waals surface area contributed by atoms with Gasteiger partial charge in [-0.15, -0.1) is 0 Å². The zero-order valence-electron chi connectivity index (χ0n) is 4.89. The van der Waals surface area contributed by atoms with Gasteiger partial charge in [0.2, 0.25) is 0 Å². The van der Waals surface area contributed by atoms with Crippen molar-refractivity contribution >= 4 is 69.9 Å². The number of halogens is 4. The molecule has 0 saturated carbocycles. The molecule has 0 spiro atoms. The fourth-order valence-corrected chi connectivity index (χ4v) is 3.28. The molecule has 0 aromatic heterocycles. The van der Waals surface area contributed by atoms with E-state index in [1.807, 2.05) is 0 Å². The van der Waals surface area contributed by atoms with E-state index in [0.29, 0.717) is 0 Å². The summed E-state index contributed by atoms with van der Waals surface area (Å²) in [5, 5.41) is -0.451. The highest BCUT2D eigenvalue weighted by Gasteiger charge is 2.46. The van der Waals surface area contributed by atoms with Crippen LogP contribution < -0.4 is 0 Å². The third-order valence-electron chi connectivity index (χ3n) is 0.993. The second-order valence-corrected chi connectivity index (χ2v) is 9.65. The van der Waals surface area contributed by atoms with Crippen LogP contribution >= 0.6 is 63.7 Å². The van der Waals surface area contributed by atoms with Gasteiger partial charge in [-0.1, -0.05) is 47.8 Å². The molecule has 64 valence electrons. The maximum absolute atomic E-state index is 10.6. The third-order valence-corrected chi connectivity index (χ3v) is 3.01. The molecule has 0 aromatic carbocycles. The predicted octanol–water partition coefficient (Wildman–Crippen LogP) is 3.08. The predicted molar refractivity (Wildman–Crippen MR) is 53.6 cm³/mol. The van der Waals surface area contributed by atoms with Crippen molar-refractivity contribution in [3.63, 3.8) is 0 Å². The SMILES string of the molecule is O=C1O[C@@H](Br)[C@H](C(Br)(Br)Br)O1. The minimum absolute atomic E-state index is 0.449. The molecule has 1 aliphatic rings. The van der Waals surface area contributed by atoms with Gasteiger partial charge in [-0.2, -0.15) is 0 Å². The second kappa shape index (κ2) is 3.51. The highest BCUT2D eigenvalue weighted by atomic mass is 80.0. The number of alkyl halides is 4. The molecule has 0 unspecified atom stereocenters. The molecular weight excluding hydrogens is 416 g/mol. The Balaban J connectivity index is 2.67. The second-order valence-electron chi connectivity index (χ2n) is 1.80. The molecule has 2 atom stereocenters. The minimum Gasteiger partial charge on any atom is -0.423 e. The number of carbonyl (C=O) groups is 1. The summed E-state index contributed by atoms with van der Waals surface area (Å²) in [6.07, 6.45) is -1.13. The molecule has 1 aliphatic heterocycles. The summed E-state index contributed by atoms with van der Waals surface area (Å²) in [7, 11) is 0. The van der Waals surface area contributed by atoms with Gasteiger partial charge in [0.15, 0.2) is 13.3 Å². The largest absolute Gasteiger partial charge is 0.510 e. The van der Waals surface area contributed by atoms with Crippen LogP contribution in [0.3, 0.4) is 0 Å². The van der Waals surface area contributed by atoms with Gasteiger partial charge in [-0.3, -0.25) is 0 Å². The van der Waals surface area contributed by atoms with Gasteiger partial charge in [0.05, 0.1) is 0 Å². The van der Waals surface area contributed by atoms with Crippen LogP contribution in [0.1, 0.15) is 0 Å². The van der Waals surface area contributed by atoms with Crippen LogP contribution in [0.4, 0.5) is 4.79 Å². The molecule has 0 N–H and O–H groups in total. The first-order valence-electron chi connectivity index (χ1n) is 2.49. The Labute approximate surface area is 96.7 Å². The van der Waals surface area contributed by atoms with Crippen molar-refractivity contribution in [2.24, 2.45) is 0 Å². The molecule has 1 fully saturated rings. The van der Waals surface area contributed by atoms with E-state index in [0.717, 1.165) is 0 Å². The van der Waals surface area contributed by atoms with Crippen molar-refractivity contribution in [3.8, 4) is 0 Å². The fourth-order valence-electron chi connectivity index (χ4n) is 0.554. The summed E-state index contributed by atoms with van der Waals surface area (Å²) in [6, 6.07) is 0. The molecule has 11 heavy (non-hydrogen) atoms. The number of ether oxygens (including phenoxy) is 2. The van der Waals surface area contributed by atoms with E-state index >= 15 is 0 Å². The maximum atomic E-state index is 10.6. The van der Waals surface area contributed by atoms with Crippen molar-refractivity contribution in [1.29, 1.82) is 0 Å². The summed E-state index contributed by atoms with van der Waals surface area (Å²) in [5.74, 6) is 0. The van der Waals surface area contributed by atoms with Gasteiger partial charge in [-0.05, 0) is 15.9 Å². The van der Waals surface area contributed by atoms with E-state index in [1.54, 1.807) is 0 Å². The highest BCUT2D eigenvalue weighted by molar-refractivity contribution is 9.39. The highest BCUT2D eigenvalue weighted by Crippen LogP contribution is 2.44. The lowest BCUT2D eigenvalue weighted by atomic mass is 10.4. The van der Waals surface area contributed by atoms with Crippen molar-refractivity contribution in [3.05, 3.63) is 0 Å². The molecule has 1 saturated heterocycles.